The van der Waals surface area contributed by atoms with E-state index in [2.05, 4.69) is 0 Å². The molecule has 3 rings (SSSR count). The molecule has 0 aliphatic heterocycles. The van der Waals surface area contributed by atoms with Gasteiger partial charge in [0, 0.05) is 18.2 Å². The number of benzene rings is 1. The van der Waals surface area contributed by atoms with Gasteiger partial charge >= 0.3 is 0 Å². The van der Waals surface area contributed by atoms with E-state index in [0.29, 0.717) is 5.75 Å². The van der Waals surface area contributed by atoms with Gasteiger partial charge in [-0.2, -0.15) is 0 Å². The van der Waals surface area contributed by atoms with Crippen molar-refractivity contribution in [2.24, 2.45) is 7.05 Å². The number of fused-ring (bicyclic) bond motifs is 2. The van der Waals surface area contributed by atoms with Gasteiger partial charge in [-0.3, -0.25) is 14.2 Å². The number of rotatable bonds is 1. The standard InChI is InChI=1S/C14H11NO5/c1-15-13(18)9-10(14(15)19)12(17)8-5-6(20-2)3-4-7(8)11(9)16/h3-5,18-19H,1-2H3. The smallest absolute Gasteiger partial charge is 0.205 e. The molecule has 0 saturated carbocycles. The summed E-state index contributed by atoms with van der Waals surface area (Å²) in [4.78, 5) is 24.8. The Morgan fingerprint density at radius 1 is 1.00 bits per heavy atom. The molecule has 1 aliphatic rings. The molecule has 0 unspecified atom stereocenters. The lowest BCUT2D eigenvalue weighted by Crippen LogP contribution is -2.19. The van der Waals surface area contributed by atoms with Crippen molar-refractivity contribution in [2.75, 3.05) is 7.11 Å². The van der Waals surface area contributed by atoms with E-state index in [4.69, 9.17) is 4.74 Å². The minimum atomic E-state index is -0.512. The topological polar surface area (TPSA) is 88.8 Å². The predicted octanol–water partition coefficient (Wildman–Crippen LogP) is 1.22. The van der Waals surface area contributed by atoms with Gasteiger partial charge in [0.2, 0.25) is 11.8 Å². The second kappa shape index (κ2) is 3.86. The number of methoxy groups -OCH3 is 1. The highest BCUT2D eigenvalue weighted by atomic mass is 16.5. The van der Waals surface area contributed by atoms with Gasteiger partial charge in [-0.05, 0) is 18.2 Å². The van der Waals surface area contributed by atoms with E-state index in [0.717, 1.165) is 4.57 Å². The maximum atomic E-state index is 12.4. The molecule has 1 aromatic heterocycles. The van der Waals surface area contributed by atoms with Crippen LogP contribution in [-0.4, -0.2) is 33.5 Å². The molecule has 6 heteroatoms. The molecule has 1 aliphatic carbocycles. The van der Waals surface area contributed by atoms with Gasteiger partial charge in [-0.1, -0.05) is 0 Å². The van der Waals surface area contributed by atoms with Crippen LogP contribution in [0.3, 0.4) is 0 Å². The Bertz CT molecular complexity index is 772. The zero-order valence-electron chi connectivity index (χ0n) is 10.8. The normalized spacial score (nSPS) is 13.1. The fourth-order valence-electron chi connectivity index (χ4n) is 2.40. The predicted molar refractivity (Wildman–Crippen MR) is 68.6 cm³/mol. The molecule has 102 valence electrons. The molecule has 0 fully saturated rings. The number of hydrogen-bond donors (Lipinski definition) is 2. The zero-order chi connectivity index (χ0) is 14.6. The van der Waals surface area contributed by atoms with E-state index in [-0.39, 0.29) is 22.3 Å². The van der Waals surface area contributed by atoms with Gasteiger partial charge in [0.1, 0.15) is 5.75 Å². The number of carbonyl (C=O) groups is 2. The van der Waals surface area contributed by atoms with Crippen molar-refractivity contribution in [3.63, 3.8) is 0 Å². The number of ketones is 2. The highest BCUT2D eigenvalue weighted by Crippen LogP contribution is 2.40. The average molecular weight is 273 g/mol. The number of aromatic nitrogens is 1. The van der Waals surface area contributed by atoms with Crippen molar-refractivity contribution in [1.82, 2.24) is 4.57 Å². The third-order valence-electron chi connectivity index (χ3n) is 3.50. The third-order valence-corrected chi connectivity index (χ3v) is 3.50. The third kappa shape index (κ3) is 1.33. The van der Waals surface area contributed by atoms with E-state index in [1.165, 1.54) is 26.3 Å². The molecule has 2 N–H and O–H groups in total. The van der Waals surface area contributed by atoms with Gasteiger partial charge < -0.3 is 14.9 Å². The first-order valence-corrected chi connectivity index (χ1v) is 5.85. The Labute approximate surface area is 113 Å². The van der Waals surface area contributed by atoms with E-state index < -0.39 is 23.3 Å². The highest BCUT2D eigenvalue weighted by molar-refractivity contribution is 6.30. The lowest BCUT2D eigenvalue weighted by atomic mass is 9.86. The molecule has 0 atom stereocenters. The van der Waals surface area contributed by atoms with Gasteiger partial charge in [0.25, 0.3) is 0 Å². The van der Waals surface area contributed by atoms with Crippen molar-refractivity contribution >= 4 is 11.6 Å². The molecule has 0 bridgehead atoms. The quantitative estimate of drug-likeness (QED) is 0.696. The lowest BCUT2D eigenvalue weighted by Gasteiger charge is -2.15. The Kier molecular flexibility index (Phi) is 2.37. The summed E-state index contributed by atoms with van der Waals surface area (Å²) in [5.41, 5.74) is 0.00960. The SMILES string of the molecule is COc1ccc2c(c1)C(=O)c1c(c(O)n(C)c1O)C2=O. The van der Waals surface area contributed by atoms with Crippen LogP contribution in [0.1, 0.15) is 31.8 Å². The van der Waals surface area contributed by atoms with Crippen molar-refractivity contribution < 1.29 is 24.5 Å². The summed E-state index contributed by atoms with van der Waals surface area (Å²) < 4.78 is 6.03. The second-order valence-electron chi connectivity index (χ2n) is 4.53. The average Bonchev–Trinajstić information content (AvgIpc) is 2.69. The van der Waals surface area contributed by atoms with Crippen LogP contribution < -0.4 is 4.74 Å². The van der Waals surface area contributed by atoms with Crippen LogP contribution >= 0.6 is 0 Å². The number of aromatic hydroxyl groups is 2. The molecule has 20 heavy (non-hydrogen) atoms. The van der Waals surface area contributed by atoms with E-state index in [1.54, 1.807) is 6.07 Å². The molecule has 0 radical (unpaired) electrons. The molecule has 1 heterocycles. The fourth-order valence-corrected chi connectivity index (χ4v) is 2.40. The fraction of sp³-hybridized carbons (Fsp3) is 0.143. The Hall–Kier alpha value is -2.76. The minimum Gasteiger partial charge on any atom is -0.497 e. The molecule has 0 saturated heterocycles. The largest absolute Gasteiger partial charge is 0.497 e. The van der Waals surface area contributed by atoms with Crippen LogP contribution in [0.5, 0.6) is 17.5 Å². The van der Waals surface area contributed by atoms with Gasteiger partial charge in [-0.25, -0.2) is 0 Å². The second-order valence-corrected chi connectivity index (χ2v) is 4.53. The number of ether oxygens (including phenoxy) is 1. The number of nitrogens with zero attached hydrogens (tertiary/aromatic N) is 1. The summed E-state index contributed by atoms with van der Waals surface area (Å²) in [6, 6.07) is 4.48. The van der Waals surface area contributed by atoms with Gasteiger partial charge in [0.15, 0.2) is 11.6 Å². The van der Waals surface area contributed by atoms with E-state index in [9.17, 15) is 19.8 Å². The van der Waals surface area contributed by atoms with Crippen LogP contribution in [0.2, 0.25) is 0 Å². The van der Waals surface area contributed by atoms with E-state index >= 15 is 0 Å². The number of hydrogen-bond acceptors (Lipinski definition) is 5. The first-order valence-electron chi connectivity index (χ1n) is 5.85. The molecular formula is C14H11NO5. The molecule has 0 spiro atoms. The Morgan fingerprint density at radius 2 is 1.55 bits per heavy atom. The van der Waals surface area contributed by atoms with Crippen LogP contribution in [0.15, 0.2) is 18.2 Å². The van der Waals surface area contributed by atoms with Crippen molar-refractivity contribution in [1.29, 1.82) is 0 Å². The minimum absolute atomic E-state index is 0.155. The zero-order valence-corrected chi connectivity index (χ0v) is 10.8. The van der Waals surface area contributed by atoms with E-state index in [1.807, 2.05) is 0 Å². The Balaban J connectivity index is 2.34. The molecule has 6 nitrogen and oxygen atoms in total. The van der Waals surface area contributed by atoms with Gasteiger partial charge in [0.05, 0.1) is 18.2 Å². The molecule has 2 aromatic rings. The number of carbonyl (C=O) groups excluding carboxylic acids is 2. The van der Waals surface area contributed by atoms with Gasteiger partial charge in [-0.15, -0.1) is 0 Å². The highest BCUT2D eigenvalue weighted by Gasteiger charge is 2.38. The summed E-state index contributed by atoms with van der Waals surface area (Å²) >= 11 is 0. The molecule has 1 aromatic carbocycles. The summed E-state index contributed by atoms with van der Waals surface area (Å²) in [5, 5.41) is 19.8. The summed E-state index contributed by atoms with van der Waals surface area (Å²) in [5.74, 6) is -1.41. The molecule has 0 amide bonds. The van der Waals surface area contributed by atoms with Crippen molar-refractivity contribution in [2.45, 2.75) is 0 Å². The van der Waals surface area contributed by atoms with Crippen molar-refractivity contribution in [3.8, 4) is 17.5 Å². The first kappa shape index (κ1) is 12.3. The summed E-state index contributed by atoms with van der Waals surface area (Å²) in [7, 11) is 2.82. The van der Waals surface area contributed by atoms with Crippen LogP contribution in [0, 0.1) is 0 Å². The summed E-state index contributed by atoms with van der Waals surface area (Å²) in [6.07, 6.45) is 0. The van der Waals surface area contributed by atoms with Crippen LogP contribution in [0.4, 0.5) is 0 Å². The maximum Gasteiger partial charge on any atom is 0.205 e. The van der Waals surface area contributed by atoms with Crippen LogP contribution in [-0.2, 0) is 7.05 Å². The summed E-state index contributed by atoms with van der Waals surface area (Å²) in [6.45, 7) is 0. The maximum absolute atomic E-state index is 12.4. The molecular weight excluding hydrogens is 262 g/mol. The van der Waals surface area contributed by atoms with Crippen LogP contribution in [0.25, 0.3) is 0 Å². The lowest BCUT2D eigenvalue weighted by molar-refractivity contribution is 0.0976. The Morgan fingerprint density at radius 3 is 2.10 bits per heavy atom. The first-order chi connectivity index (χ1) is 9.47. The van der Waals surface area contributed by atoms with Crippen molar-refractivity contribution in [3.05, 3.63) is 40.5 Å². The monoisotopic (exact) mass is 273 g/mol.